The third-order valence-corrected chi connectivity index (χ3v) is 2.06. The third kappa shape index (κ3) is 3.31. The lowest BCUT2D eigenvalue weighted by atomic mass is 10.1. The first-order valence-electron chi connectivity index (χ1n) is 5.13. The minimum absolute atomic E-state index is 0.0388. The average Bonchev–Trinajstić information content (AvgIpc) is 2.29. The van der Waals surface area contributed by atoms with Gasteiger partial charge in [-0.1, -0.05) is 6.92 Å². The molecule has 0 saturated carbocycles. The number of ketones is 1. The Balaban J connectivity index is 2.68. The summed E-state index contributed by atoms with van der Waals surface area (Å²) in [5.74, 6) is -0.540. The van der Waals surface area contributed by atoms with Crippen LogP contribution in [0.25, 0.3) is 0 Å². The van der Waals surface area contributed by atoms with E-state index in [1.54, 1.807) is 6.07 Å². The molecule has 1 rings (SSSR count). The van der Waals surface area contributed by atoms with Crippen molar-refractivity contribution in [2.24, 2.45) is 0 Å². The standard InChI is InChI=1S/C12H15FO3/c1-3-6-16-8-12(14)10-5-4-9(15-2)7-11(10)13/h4-5,7H,3,6,8H2,1-2H3. The monoisotopic (exact) mass is 226 g/mol. The lowest BCUT2D eigenvalue weighted by Crippen LogP contribution is -2.11. The Bertz CT molecular complexity index is 363. The van der Waals surface area contributed by atoms with Crippen molar-refractivity contribution < 1.29 is 18.7 Å². The van der Waals surface area contributed by atoms with E-state index in [0.29, 0.717) is 12.4 Å². The van der Waals surface area contributed by atoms with E-state index < -0.39 is 5.82 Å². The van der Waals surface area contributed by atoms with Crippen LogP contribution in [0.4, 0.5) is 4.39 Å². The molecule has 0 N–H and O–H groups in total. The van der Waals surface area contributed by atoms with Crippen LogP contribution < -0.4 is 4.74 Å². The number of carbonyl (C=O) groups excluding carboxylic acids is 1. The third-order valence-electron chi connectivity index (χ3n) is 2.06. The number of hydrogen-bond donors (Lipinski definition) is 0. The van der Waals surface area contributed by atoms with Gasteiger partial charge in [0.2, 0.25) is 0 Å². The van der Waals surface area contributed by atoms with Gasteiger partial charge in [-0.2, -0.15) is 0 Å². The molecule has 1 aromatic carbocycles. The predicted octanol–water partition coefficient (Wildman–Crippen LogP) is 2.44. The van der Waals surface area contributed by atoms with Gasteiger partial charge in [-0.25, -0.2) is 4.39 Å². The molecular formula is C12H15FO3. The number of hydrogen-bond acceptors (Lipinski definition) is 3. The van der Waals surface area contributed by atoms with Gasteiger partial charge in [0.1, 0.15) is 18.2 Å². The summed E-state index contributed by atoms with van der Waals surface area (Å²) in [5.41, 5.74) is 0.0388. The summed E-state index contributed by atoms with van der Waals surface area (Å²) in [6, 6.07) is 4.15. The van der Waals surface area contributed by atoms with Gasteiger partial charge in [-0.15, -0.1) is 0 Å². The molecule has 0 fully saturated rings. The highest BCUT2D eigenvalue weighted by atomic mass is 19.1. The maximum Gasteiger partial charge on any atom is 0.191 e. The molecule has 0 radical (unpaired) electrons. The summed E-state index contributed by atoms with van der Waals surface area (Å²) in [5, 5.41) is 0. The summed E-state index contributed by atoms with van der Waals surface area (Å²) in [7, 11) is 1.45. The van der Waals surface area contributed by atoms with Crippen LogP contribution in [0.3, 0.4) is 0 Å². The smallest absolute Gasteiger partial charge is 0.191 e. The van der Waals surface area contributed by atoms with Crippen molar-refractivity contribution >= 4 is 5.78 Å². The maximum absolute atomic E-state index is 13.4. The zero-order valence-corrected chi connectivity index (χ0v) is 9.46. The summed E-state index contributed by atoms with van der Waals surface area (Å²) < 4.78 is 23.3. The fourth-order valence-electron chi connectivity index (χ4n) is 1.24. The van der Waals surface area contributed by atoms with Crippen molar-refractivity contribution in [2.75, 3.05) is 20.3 Å². The van der Waals surface area contributed by atoms with Crippen molar-refractivity contribution in [1.82, 2.24) is 0 Å². The van der Waals surface area contributed by atoms with E-state index in [2.05, 4.69) is 0 Å². The number of carbonyl (C=O) groups is 1. The van der Waals surface area contributed by atoms with Crippen LogP contribution in [0.1, 0.15) is 23.7 Å². The van der Waals surface area contributed by atoms with E-state index in [0.717, 1.165) is 6.42 Å². The quantitative estimate of drug-likeness (QED) is 0.552. The normalized spacial score (nSPS) is 10.2. The molecule has 0 spiro atoms. The first-order valence-corrected chi connectivity index (χ1v) is 5.13. The van der Waals surface area contributed by atoms with E-state index in [1.165, 1.54) is 19.2 Å². The minimum Gasteiger partial charge on any atom is -0.497 e. The lowest BCUT2D eigenvalue weighted by molar-refractivity contribution is 0.0757. The van der Waals surface area contributed by atoms with Crippen LogP contribution in [0.2, 0.25) is 0 Å². The molecule has 0 saturated heterocycles. The number of benzene rings is 1. The maximum atomic E-state index is 13.4. The topological polar surface area (TPSA) is 35.5 Å². The van der Waals surface area contributed by atoms with Gasteiger partial charge in [0.25, 0.3) is 0 Å². The molecule has 3 nitrogen and oxygen atoms in total. The summed E-state index contributed by atoms with van der Waals surface area (Å²) in [4.78, 5) is 11.5. The van der Waals surface area contributed by atoms with Crippen molar-refractivity contribution in [1.29, 1.82) is 0 Å². The number of rotatable bonds is 6. The van der Waals surface area contributed by atoms with E-state index in [4.69, 9.17) is 9.47 Å². The first-order chi connectivity index (χ1) is 7.69. The lowest BCUT2D eigenvalue weighted by Gasteiger charge is -2.05. The van der Waals surface area contributed by atoms with Crippen LogP contribution in [-0.2, 0) is 4.74 Å². The number of methoxy groups -OCH3 is 1. The fraction of sp³-hybridized carbons (Fsp3) is 0.417. The molecule has 0 atom stereocenters. The molecule has 0 heterocycles. The fourth-order valence-corrected chi connectivity index (χ4v) is 1.24. The Morgan fingerprint density at radius 3 is 2.75 bits per heavy atom. The zero-order valence-electron chi connectivity index (χ0n) is 9.46. The summed E-state index contributed by atoms with van der Waals surface area (Å²) >= 11 is 0. The van der Waals surface area contributed by atoms with E-state index in [9.17, 15) is 9.18 Å². The van der Waals surface area contributed by atoms with Crippen molar-refractivity contribution in [2.45, 2.75) is 13.3 Å². The predicted molar refractivity (Wildman–Crippen MR) is 58.4 cm³/mol. The van der Waals surface area contributed by atoms with Gasteiger partial charge < -0.3 is 9.47 Å². The molecule has 0 amide bonds. The zero-order chi connectivity index (χ0) is 12.0. The second-order valence-electron chi connectivity index (χ2n) is 3.32. The van der Waals surface area contributed by atoms with Crippen LogP contribution >= 0.6 is 0 Å². The Morgan fingerprint density at radius 1 is 1.44 bits per heavy atom. The Kier molecular flexibility index (Phi) is 4.92. The van der Waals surface area contributed by atoms with E-state index in [1.807, 2.05) is 6.92 Å². The number of halogens is 1. The van der Waals surface area contributed by atoms with Crippen molar-refractivity contribution in [3.8, 4) is 5.75 Å². The first kappa shape index (κ1) is 12.6. The van der Waals surface area contributed by atoms with Crippen LogP contribution in [0, 0.1) is 5.82 Å². The Labute approximate surface area is 94.2 Å². The van der Waals surface area contributed by atoms with Gasteiger partial charge >= 0.3 is 0 Å². The van der Waals surface area contributed by atoms with Crippen LogP contribution in [0.15, 0.2) is 18.2 Å². The minimum atomic E-state index is -0.579. The van der Waals surface area contributed by atoms with Gasteiger partial charge in [-0.3, -0.25) is 4.79 Å². The molecule has 0 aromatic heterocycles. The van der Waals surface area contributed by atoms with Gasteiger partial charge in [0, 0.05) is 12.7 Å². The van der Waals surface area contributed by atoms with E-state index in [-0.39, 0.29) is 18.0 Å². The van der Waals surface area contributed by atoms with Crippen molar-refractivity contribution in [3.63, 3.8) is 0 Å². The summed E-state index contributed by atoms with van der Waals surface area (Å²) in [6.07, 6.45) is 0.832. The molecule has 0 aliphatic carbocycles. The largest absolute Gasteiger partial charge is 0.497 e. The molecule has 16 heavy (non-hydrogen) atoms. The highest BCUT2D eigenvalue weighted by Gasteiger charge is 2.12. The molecule has 0 bridgehead atoms. The Morgan fingerprint density at radius 2 is 2.19 bits per heavy atom. The number of ether oxygens (including phenoxy) is 2. The molecule has 0 aliphatic heterocycles. The molecule has 4 heteroatoms. The highest BCUT2D eigenvalue weighted by Crippen LogP contribution is 2.16. The molecular weight excluding hydrogens is 211 g/mol. The average molecular weight is 226 g/mol. The summed E-state index contributed by atoms with van der Waals surface area (Å²) in [6.45, 7) is 2.36. The second kappa shape index (κ2) is 6.23. The molecule has 0 unspecified atom stereocenters. The van der Waals surface area contributed by atoms with Crippen LogP contribution in [0.5, 0.6) is 5.75 Å². The van der Waals surface area contributed by atoms with E-state index >= 15 is 0 Å². The van der Waals surface area contributed by atoms with Gasteiger partial charge in [0.05, 0.1) is 12.7 Å². The van der Waals surface area contributed by atoms with Gasteiger partial charge in [-0.05, 0) is 18.6 Å². The molecule has 0 aliphatic rings. The Hall–Kier alpha value is -1.42. The SMILES string of the molecule is CCCOCC(=O)c1ccc(OC)cc1F. The second-order valence-corrected chi connectivity index (χ2v) is 3.32. The molecule has 1 aromatic rings. The molecule has 88 valence electrons. The van der Waals surface area contributed by atoms with Crippen molar-refractivity contribution in [3.05, 3.63) is 29.6 Å². The highest BCUT2D eigenvalue weighted by molar-refractivity contribution is 5.97. The number of Topliss-reactive ketones (excluding diaryl/α,β-unsaturated/α-hetero) is 1. The van der Waals surface area contributed by atoms with Gasteiger partial charge in [0.15, 0.2) is 5.78 Å². The van der Waals surface area contributed by atoms with Crippen LogP contribution in [-0.4, -0.2) is 26.1 Å².